The summed E-state index contributed by atoms with van der Waals surface area (Å²) in [6.07, 6.45) is 0. The average Bonchev–Trinajstić information content (AvgIpc) is 2.03. The highest BCUT2D eigenvalue weighted by Gasteiger charge is 2.04. The lowest BCUT2D eigenvalue weighted by molar-refractivity contribution is 0.609. The van der Waals surface area contributed by atoms with Gasteiger partial charge in [-0.15, -0.1) is 0 Å². The minimum absolute atomic E-state index is 0.382. The highest BCUT2D eigenvalue weighted by molar-refractivity contribution is 8.13. The van der Waals surface area contributed by atoms with E-state index in [0.717, 1.165) is 0 Å². The summed E-state index contributed by atoms with van der Waals surface area (Å²) in [5.41, 5.74) is -1.01. The molecule has 0 heterocycles. The van der Waals surface area contributed by atoms with Crippen LogP contribution in [0.25, 0.3) is 0 Å². The lowest BCUT2D eigenvalue weighted by Crippen LogP contribution is -1.93. The zero-order chi connectivity index (χ0) is 9.19. The van der Waals surface area contributed by atoms with Crippen molar-refractivity contribution in [2.24, 2.45) is 0 Å². The fourth-order valence-corrected chi connectivity index (χ4v) is 1.48. The molecule has 1 atom stereocenters. The Morgan fingerprint density at radius 1 is 1.36 bits per heavy atom. The van der Waals surface area contributed by atoms with Gasteiger partial charge in [0.25, 0.3) is 0 Å². The summed E-state index contributed by atoms with van der Waals surface area (Å²) in [6.45, 7) is 0. The molecule has 1 aromatic rings. The fraction of sp³-hybridized carbons (Fsp3) is 0.143. The predicted molar refractivity (Wildman–Crippen MR) is 44.9 cm³/mol. The molecule has 0 aromatic heterocycles. The molecule has 11 heavy (non-hydrogen) atoms. The quantitative estimate of drug-likeness (QED) is 0.668. The standard InChI is InChI=1S/C7H7ClO2S/c8-11(9,10)6-7-4-2-1-3-5-7/h1-5H,6H2/i6D. The first-order valence-corrected chi connectivity index (χ1v) is 5.30. The first-order valence-electron chi connectivity index (χ1n) is 3.50. The van der Waals surface area contributed by atoms with Gasteiger partial charge < -0.3 is 0 Å². The van der Waals surface area contributed by atoms with Crippen LogP contribution in [-0.4, -0.2) is 8.42 Å². The molecule has 0 aliphatic rings. The van der Waals surface area contributed by atoms with Gasteiger partial charge in [-0.1, -0.05) is 30.3 Å². The van der Waals surface area contributed by atoms with Crippen LogP contribution in [0.2, 0.25) is 0 Å². The Morgan fingerprint density at radius 2 is 1.91 bits per heavy atom. The van der Waals surface area contributed by atoms with Gasteiger partial charge in [-0.25, -0.2) is 8.42 Å². The summed E-state index contributed by atoms with van der Waals surface area (Å²) in [6, 6.07) is 8.18. The van der Waals surface area contributed by atoms with Gasteiger partial charge in [0, 0.05) is 12.1 Å². The molecule has 0 saturated carbocycles. The molecule has 0 bridgehead atoms. The van der Waals surface area contributed by atoms with Crippen LogP contribution in [0.1, 0.15) is 6.93 Å². The van der Waals surface area contributed by atoms with E-state index in [1.807, 2.05) is 0 Å². The predicted octanol–water partition coefficient (Wildman–Crippen LogP) is 1.76. The molecule has 60 valence electrons. The van der Waals surface area contributed by atoms with E-state index in [1.54, 1.807) is 30.3 Å². The van der Waals surface area contributed by atoms with Gasteiger partial charge in [0.2, 0.25) is 9.05 Å². The summed E-state index contributed by atoms with van der Waals surface area (Å²) < 4.78 is 28.7. The third kappa shape index (κ3) is 3.39. The molecule has 0 saturated heterocycles. The molecule has 0 fully saturated rings. The number of halogens is 1. The first kappa shape index (κ1) is 7.13. The van der Waals surface area contributed by atoms with Crippen LogP contribution in [0.5, 0.6) is 0 Å². The maximum absolute atomic E-state index is 10.7. The van der Waals surface area contributed by atoms with Crippen molar-refractivity contribution in [3.63, 3.8) is 0 Å². The van der Waals surface area contributed by atoms with Crippen molar-refractivity contribution < 1.29 is 9.79 Å². The summed E-state index contributed by atoms with van der Waals surface area (Å²) in [5.74, 6) is 0. The molecule has 1 aromatic carbocycles. The van der Waals surface area contributed by atoms with Crippen molar-refractivity contribution in [2.75, 3.05) is 0 Å². The fourth-order valence-electron chi connectivity index (χ4n) is 0.694. The zero-order valence-electron chi connectivity index (χ0n) is 6.57. The third-order valence-electron chi connectivity index (χ3n) is 1.08. The minimum atomic E-state index is -3.82. The summed E-state index contributed by atoms with van der Waals surface area (Å²) in [5, 5.41) is 0. The largest absolute Gasteiger partial charge is 0.236 e. The highest BCUT2D eigenvalue weighted by Crippen LogP contribution is 2.08. The van der Waals surface area contributed by atoms with Crippen LogP contribution in [0.15, 0.2) is 30.3 Å². The second-order valence-electron chi connectivity index (χ2n) is 2.00. The SMILES string of the molecule is [2H]C(c1ccccc1)S(=O)(=O)Cl. The smallest absolute Gasteiger partial charge is 0.212 e. The van der Waals surface area contributed by atoms with Crippen LogP contribution < -0.4 is 0 Å². The van der Waals surface area contributed by atoms with Gasteiger partial charge in [0.15, 0.2) is 0 Å². The van der Waals surface area contributed by atoms with Gasteiger partial charge in [-0.3, -0.25) is 0 Å². The van der Waals surface area contributed by atoms with Crippen LogP contribution in [0, 0.1) is 0 Å². The topological polar surface area (TPSA) is 34.1 Å². The van der Waals surface area contributed by atoms with Gasteiger partial charge in [0.1, 0.15) is 0 Å². The Bertz CT molecular complexity index is 349. The maximum Gasteiger partial charge on any atom is 0.236 e. The number of hydrogen-bond donors (Lipinski definition) is 0. The number of rotatable bonds is 2. The molecular formula is C7H7ClO2S. The van der Waals surface area contributed by atoms with Gasteiger partial charge in [-0.05, 0) is 5.56 Å². The summed E-state index contributed by atoms with van der Waals surface area (Å²) in [7, 11) is 1.19. The van der Waals surface area contributed by atoms with Gasteiger partial charge >= 0.3 is 0 Å². The van der Waals surface area contributed by atoms with Crippen LogP contribution in [-0.2, 0) is 14.8 Å². The van der Waals surface area contributed by atoms with E-state index < -0.39 is 14.8 Å². The van der Waals surface area contributed by atoms with Crippen LogP contribution in [0.3, 0.4) is 0 Å². The Morgan fingerprint density at radius 3 is 2.36 bits per heavy atom. The number of benzene rings is 1. The second kappa shape index (κ2) is 3.24. The minimum Gasteiger partial charge on any atom is -0.212 e. The lowest BCUT2D eigenvalue weighted by Gasteiger charge is -1.94. The second-order valence-corrected chi connectivity index (χ2v) is 4.48. The Balaban J connectivity index is 3.02. The van der Waals surface area contributed by atoms with Crippen molar-refractivity contribution in [1.82, 2.24) is 0 Å². The molecule has 0 aliphatic heterocycles. The normalized spacial score (nSPS) is 15.5. The third-order valence-corrected chi connectivity index (χ3v) is 1.90. The van der Waals surface area contributed by atoms with E-state index in [-0.39, 0.29) is 0 Å². The van der Waals surface area contributed by atoms with E-state index in [4.69, 9.17) is 12.1 Å². The molecule has 0 radical (unpaired) electrons. The lowest BCUT2D eigenvalue weighted by atomic mass is 10.2. The molecule has 1 unspecified atom stereocenters. The molecule has 4 heteroatoms. The van der Waals surface area contributed by atoms with Crippen LogP contribution >= 0.6 is 10.7 Å². The molecule has 0 spiro atoms. The maximum atomic E-state index is 10.7. The monoisotopic (exact) mass is 191 g/mol. The van der Waals surface area contributed by atoms with Crippen molar-refractivity contribution >= 4 is 19.7 Å². The number of hydrogen-bond acceptors (Lipinski definition) is 2. The summed E-state index contributed by atoms with van der Waals surface area (Å²) >= 11 is 0. The van der Waals surface area contributed by atoms with E-state index in [0.29, 0.717) is 5.56 Å². The highest BCUT2D eigenvalue weighted by atomic mass is 35.7. The molecule has 0 amide bonds. The molecule has 0 aliphatic carbocycles. The Kier molecular flexibility index (Phi) is 2.10. The molecular weight excluding hydrogens is 184 g/mol. The Labute approximate surface area is 71.6 Å². The van der Waals surface area contributed by atoms with Gasteiger partial charge in [0.05, 0.1) is 5.73 Å². The van der Waals surface area contributed by atoms with E-state index in [2.05, 4.69) is 0 Å². The van der Waals surface area contributed by atoms with E-state index in [1.165, 1.54) is 0 Å². The average molecular weight is 192 g/mol. The van der Waals surface area contributed by atoms with E-state index in [9.17, 15) is 8.42 Å². The first-order chi connectivity index (χ1) is 5.52. The van der Waals surface area contributed by atoms with E-state index >= 15 is 0 Å². The van der Waals surface area contributed by atoms with Crippen molar-refractivity contribution in [3.05, 3.63) is 35.9 Å². The van der Waals surface area contributed by atoms with Gasteiger partial charge in [-0.2, -0.15) is 0 Å². The van der Waals surface area contributed by atoms with Crippen molar-refractivity contribution in [2.45, 2.75) is 5.73 Å². The molecule has 2 nitrogen and oxygen atoms in total. The molecule has 0 N–H and O–H groups in total. The summed E-state index contributed by atoms with van der Waals surface area (Å²) in [4.78, 5) is 0. The molecule has 1 rings (SSSR count). The van der Waals surface area contributed by atoms with Crippen LogP contribution in [0.4, 0.5) is 0 Å². The van der Waals surface area contributed by atoms with Crippen molar-refractivity contribution in [3.8, 4) is 0 Å². The zero-order valence-corrected chi connectivity index (χ0v) is 7.14. The Hall–Kier alpha value is -0.540. The van der Waals surface area contributed by atoms with Crippen molar-refractivity contribution in [1.29, 1.82) is 0 Å².